The zero-order valence-corrected chi connectivity index (χ0v) is 16.1. The average molecular weight is 354 g/mol. The van der Waals surface area contributed by atoms with Crippen LogP contribution in [0.5, 0.6) is 0 Å². The van der Waals surface area contributed by atoms with Gasteiger partial charge in [0, 0.05) is 6.16 Å². The van der Waals surface area contributed by atoms with Crippen LogP contribution in [-0.4, -0.2) is 25.3 Å². The minimum Gasteiger partial charge on any atom is -0.462 e. The molecule has 0 amide bonds. The topological polar surface area (TPSA) is 52.6 Å². The monoisotopic (exact) mass is 354 g/mol. The van der Waals surface area contributed by atoms with Crippen LogP contribution >= 0.6 is 7.37 Å². The predicted molar refractivity (Wildman–Crippen MR) is 99.5 cm³/mol. The molecule has 24 heavy (non-hydrogen) atoms. The molecular weight excluding hydrogens is 323 g/mol. The van der Waals surface area contributed by atoms with E-state index in [9.17, 15) is 9.36 Å². The van der Waals surface area contributed by atoms with Gasteiger partial charge in [0.15, 0.2) is 0 Å². The van der Waals surface area contributed by atoms with E-state index in [1.165, 1.54) is 0 Å². The highest BCUT2D eigenvalue weighted by atomic mass is 31.2. The van der Waals surface area contributed by atoms with Gasteiger partial charge in [-0.2, -0.15) is 0 Å². The van der Waals surface area contributed by atoms with Gasteiger partial charge in [0.1, 0.15) is 0 Å². The van der Waals surface area contributed by atoms with Crippen LogP contribution in [0.2, 0.25) is 0 Å². The maximum atomic E-state index is 13.2. The van der Waals surface area contributed by atoms with Gasteiger partial charge in [-0.15, -0.1) is 0 Å². The number of unbranched alkanes of at least 4 members (excludes halogenated alkanes) is 4. The van der Waals surface area contributed by atoms with Crippen LogP contribution in [0.3, 0.4) is 0 Å². The number of carbonyl (C=O) groups is 1. The van der Waals surface area contributed by atoms with Gasteiger partial charge >= 0.3 is 5.97 Å². The van der Waals surface area contributed by atoms with E-state index in [0.29, 0.717) is 30.2 Å². The van der Waals surface area contributed by atoms with Crippen molar-refractivity contribution in [2.75, 3.05) is 19.4 Å². The van der Waals surface area contributed by atoms with E-state index in [1.807, 2.05) is 6.92 Å². The molecule has 5 heteroatoms. The van der Waals surface area contributed by atoms with E-state index in [0.717, 1.165) is 38.5 Å². The van der Waals surface area contributed by atoms with Crippen LogP contribution in [0.15, 0.2) is 24.3 Å². The van der Waals surface area contributed by atoms with Gasteiger partial charge in [0.2, 0.25) is 7.37 Å². The van der Waals surface area contributed by atoms with Crippen LogP contribution in [0.4, 0.5) is 0 Å². The summed E-state index contributed by atoms with van der Waals surface area (Å²) >= 11 is 0. The summed E-state index contributed by atoms with van der Waals surface area (Å²) in [4.78, 5) is 12.4. The predicted octanol–water partition coefficient (Wildman–Crippen LogP) is 5.16. The summed E-state index contributed by atoms with van der Waals surface area (Å²) < 4.78 is 24.3. The summed E-state index contributed by atoms with van der Waals surface area (Å²) in [7, 11) is -3.03. The maximum absolute atomic E-state index is 13.2. The van der Waals surface area contributed by atoms with E-state index >= 15 is 0 Å². The van der Waals surface area contributed by atoms with Crippen molar-refractivity contribution in [3.63, 3.8) is 0 Å². The van der Waals surface area contributed by atoms with E-state index < -0.39 is 13.3 Å². The first-order valence-corrected chi connectivity index (χ1v) is 10.9. The molecule has 0 bridgehead atoms. The Balaban J connectivity index is 2.85. The second-order valence-electron chi connectivity index (χ2n) is 5.89. The molecule has 1 unspecified atom stereocenters. The number of carbonyl (C=O) groups excluding carboxylic acids is 1. The van der Waals surface area contributed by atoms with E-state index in [-0.39, 0.29) is 0 Å². The minimum absolute atomic E-state index is 0.370. The highest BCUT2D eigenvalue weighted by Gasteiger charge is 2.29. The van der Waals surface area contributed by atoms with Gasteiger partial charge in [-0.25, -0.2) is 4.79 Å². The molecule has 0 saturated carbocycles. The molecule has 1 aromatic carbocycles. The Bertz CT molecular complexity index is 542. The smallest absolute Gasteiger partial charge is 0.338 e. The average Bonchev–Trinajstić information content (AvgIpc) is 2.62. The second-order valence-corrected chi connectivity index (χ2v) is 8.61. The number of hydrogen-bond donors (Lipinski definition) is 0. The van der Waals surface area contributed by atoms with Gasteiger partial charge in [0.25, 0.3) is 0 Å². The third-order valence-electron chi connectivity index (χ3n) is 3.94. The van der Waals surface area contributed by atoms with E-state index in [1.54, 1.807) is 24.3 Å². The molecule has 0 N–H and O–H groups in total. The summed E-state index contributed by atoms with van der Waals surface area (Å²) in [6, 6.07) is 6.96. The van der Waals surface area contributed by atoms with Gasteiger partial charge in [-0.05, 0) is 25.0 Å². The van der Waals surface area contributed by atoms with Gasteiger partial charge in [0.05, 0.1) is 24.1 Å². The van der Waals surface area contributed by atoms with Crippen molar-refractivity contribution in [2.24, 2.45) is 0 Å². The molecule has 0 spiro atoms. The Morgan fingerprint density at radius 2 is 1.58 bits per heavy atom. The lowest BCUT2D eigenvalue weighted by Crippen LogP contribution is -2.21. The number of esters is 1. The first kappa shape index (κ1) is 20.9. The maximum Gasteiger partial charge on any atom is 0.338 e. The summed E-state index contributed by atoms with van der Waals surface area (Å²) in [5.41, 5.74) is 0.370. The fraction of sp³-hybridized carbons (Fsp3) is 0.632. The van der Waals surface area contributed by atoms with Crippen molar-refractivity contribution in [1.82, 2.24) is 0 Å². The molecule has 136 valence electrons. The molecule has 0 aliphatic rings. The summed E-state index contributed by atoms with van der Waals surface area (Å²) in [5, 5.41) is 0.490. The molecule has 0 fully saturated rings. The lowest BCUT2D eigenvalue weighted by atomic mass is 10.2. The highest BCUT2D eigenvalue weighted by Crippen LogP contribution is 2.46. The Morgan fingerprint density at radius 1 is 0.958 bits per heavy atom. The lowest BCUT2D eigenvalue weighted by Gasteiger charge is -2.20. The van der Waals surface area contributed by atoms with Crippen molar-refractivity contribution in [3.05, 3.63) is 29.8 Å². The number of hydrogen-bond acceptors (Lipinski definition) is 4. The molecule has 1 aromatic rings. The van der Waals surface area contributed by atoms with Gasteiger partial charge in [-0.3, -0.25) is 4.57 Å². The molecule has 0 saturated heterocycles. The fourth-order valence-electron chi connectivity index (χ4n) is 2.43. The third-order valence-corrected chi connectivity index (χ3v) is 6.49. The first-order valence-electron chi connectivity index (χ1n) is 9.09. The van der Waals surface area contributed by atoms with E-state index in [4.69, 9.17) is 9.26 Å². The summed E-state index contributed by atoms with van der Waals surface area (Å²) in [5.74, 6) is -0.410. The lowest BCUT2D eigenvalue weighted by molar-refractivity contribution is 0.0499. The van der Waals surface area contributed by atoms with Crippen molar-refractivity contribution in [2.45, 2.75) is 59.3 Å². The minimum atomic E-state index is -3.03. The second kappa shape index (κ2) is 11.4. The zero-order valence-electron chi connectivity index (χ0n) is 15.3. The van der Waals surface area contributed by atoms with Crippen LogP contribution in [0.1, 0.15) is 69.7 Å². The zero-order chi connectivity index (χ0) is 17.8. The molecule has 0 heterocycles. The third kappa shape index (κ3) is 6.41. The number of ether oxygens (including phenoxy) is 1. The summed E-state index contributed by atoms with van der Waals surface area (Å²) in [6.45, 7) is 6.91. The Morgan fingerprint density at radius 3 is 2.21 bits per heavy atom. The van der Waals surface area contributed by atoms with Crippen molar-refractivity contribution >= 4 is 18.6 Å². The van der Waals surface area contributed by atoms with Crippen LogP contribution in [-0.2, 0) is 13.8 Å². The van der Waals surface area contributed by atoms with E-state index in [2.05, 4.69) is 13.8 Å². The van der Waals surface area contributed by atoms with Crippen molar-refractivity contribution in [1.29, 1.82) is 0 Å². The van der Waals surface area contributed by atoms with Crippen LogP contribution in [0.25, 0.3) is 0 Å². The van der Waals surface area contributed by atoms with Crippen LogP contribution in [0, 0.1) is 0 Å². The van der Waals surface area contributed by atoms with Crippen LogP contribution < -0.4 is 5.30 Å². The highest BCUT2D eigenvalue weighted by molar-refractivity contribution is 7.67. The molecule has 4 nitrogen and oxygen atoms in total. The Hall–Kier alpha value is -1.12. The largest absolute Gasteiger partial charge is 0.462 e. The molecule has 1 rings (SSSR count). The molecule has 0 aliphatic heterocycles. The quantitative estimate of drug-likeness (QED) is 0.295. The number of benzene rings is 1. The van der Waals surface area contributed by atoms with Crippen molar-refractivity contribution in [3.8, 4) is 0 Å². The fourth-order valence-corrected chi connectivity index (χ4v) is 4.37. The molecular formula is C19H31O4P. The standard InChI is InChI=1S/C19H31O4P/c1-4-7-11-15-22-19(20)17-13-9-10-14-18(17)24(21,6-3)23-16-12-8-5-2/h9-10,13-14H,4-8,11-12,15-16H2,1-3H3. The summed E-state index contributed by atoms with van der Waals surface area (Å²) in [6.07, 6.45) is 6.34. The Kier molecular flexibility index (Phi) is 9.97. The van der Waals surface area contributed by atoms with Crippen molar-refractivity contribution < 1.29 is 18.6 Å². The first-order chi connectivity index (χ1) is 11.6. The molecule has 1 atom stereocenters. The Labute approximate surface area is 146 Å². The molecule has 0 aromatic heterocycles. The SMILES string of the molecule is CCCCCOC(=O)c1ccccc1P(=O)(CC)OCCCCC. The molecule has 0 aliphatic carbocycles. The molecule has 0 radical (unpaired) electrons. The van der Waals surface area contributed by atoms with Gasteiger partial charge < -0.3 is 9.26 Å². The normalized spacial score (nSPS) is 13.5. The number of rotatable bonds is 12. The van der Waals surface area contributed by atoms with Gasteiger partial charge in [-0.1, -0.05) is 58.6 Å².